The van der Waals surface area contributed by atoms with Gasteiger partial charge in [0.05, 0.1) is 0 Å². The van der Waals surface area contributed by atoms with Crippen molar-refractivity contribution < 1.29 is 9.53 Å². The second kappa shape index (κ2) is 4.65. The Morgan fingerprint density at radius 2 is 1.71 bits per heavy atom. The molecule has 1 saturated heterocycles. The lowest BCUT2D eigenvalue weighted by Gasteiger charge is -2.39. The number of nitrogens with zero attached hydrogens (tertiary/aromatic N) is 1. The highest BCUT2D eigenvalue weighted by Crippen LogP contribution is 2.40. The second-order valence-corrected chi connectivity index (χ2v) is 12.0. The maximum Gasteiger partial charge on any atom is 0.192 e. The van der Waals surface area contributed by atoms with E-state index in [0.717, 1.165) is 13.0 Å². The van der Waals surface area contributed by atoms with Gasteiger partial charge in [0.1, 0.15) is 0 Å². The predicted molar refractivity (Wildman–Crippen MR) is 75.0 cm³/mol. The molecule has 1 fully saturated rings. The van der Waals surface area contributed by atoms with Crippen molar-refractivity contribution in [3.8, 4) is 0 Å². The molecule has 1 rings (SSSR count). The molecule has 0 bridgehead atoms. The van der Waals surface area contributed by atoms with Crippen LogP contribution in [-0.4, -0.2) is 37.7 Å². The van der Waals surface area contributed by atoms with E-state index in [1.807, 2.05) is 13.8 Å². The fourth-order valence-corrected chi connectivity index (χ4v) is 3.19. The molecule has 0 spiro atoms. The van der Waals surface area contributed by atoms with Crippen LogP contribution in [0.2, 0.25) is 18.1 Å². The monoisotopic (exact) mass is 258 g/mol. The molecular formula is C13H28NO2Si-. The van der Waals surface area contributed by atoms with Gasteiger partial charge in [0, 0.05) is 11.7 Å². The SMILES string of the molecule is CC(C)(O)[C@@H]1C[C@H](O[Si](C)(C)C(C)(C)C)C[N-]1. The van der Waals surface area contributed by atoms with Crippen LogP contribution < -0.4 is 0 Å². The average molecular weight is 258 g/mol. The quantitative estimate of drug-likeness (QED) is 0.789. The van der Waals surface area contributed by atoms with Crippen LogP contribution in [0.5, 0.6) is 0 Å². The molecule has 0 radical (unpaired) electrons. The van der Waals surface area contributed by atoms with E-state index in [2.05, 4.69) is 39.2 Å². The van der Waals surface area contributed by atoms with Crippen LogP contribution in [0.4, 0.5) is 0 Å². The molecule has 0 aromatic carbocycles. The van der Waals surface area contributed by atoms with E-state index in [1.54, 1.807) is 0 Å². The van der Waals surface area contributed by atoms with Crippen LogP contribution in [0.3, 0.4) is 0 Å². The fourth-order valence-electron chi connectivity index (χ4n) is 1.83. The minimum atomic E-state index is -1.70. The van der Waals surface area contributed by atoms with Crippen molar-refractivity contribution in [2.24, 2.45) is 0 Å². The van der Waals surface area contributed by atoms with Gasteiger partial charge in [-0.25, -0.2) is 0 Å². The summed E-state index contributed by atoms with van der Waals surface area (Å²) < 4.78 is 6.32. The zero-order chi connectivity index (χ0) is 13.5. The van der Waals surface area contributed by atoms with Crippen LogP contribution in [0.1, 0.15) is 41.0 Å². The molecule has 3 nitrogen and oxygen atoms in total. The van der Waals surface area contributed by atoms with E-state index in [4.69, 9.17) is 4.43 Å². The van der Waals surface area contributed by atoms with Gasteiger partial charge in [-0.2, -0.15) is 0 Å². The summed E-state index contributed by atoms with van der Waals surface area (Å²) in [6.45, 7) is 15.7. The van der Waals surface area contributed by atoms with E-state index in [1.165, 1.54) is 0 Å². The molecule has 1 aliphatic heterocycles. The molecule has 1 heterocycles. The molecule has 0 aromatic rings. The van der Waals surface area contributed by atoms with Crippen molar-refractivity contribution in [1.82, 2.24) is 0 Å². The van der Waals surface area contributed by atoms with Crippen LogP contribution >= 0.6 is 0 Å². The van der Waals surface area contributed by atoms with Crippen molar-refractivity contribution in [3.63, 3.8) is 0 Å². The lowest BCUT2D eigenvalue weighted by Crippen LogP contribution is -2.44. The standard InChI is InChI=1S/C13H28NO2Si/c1-12(2,3)17(6,7)16-10-8-11(14-9-10)13(4,5)15/h10-11,15H,8-9H2,1-7H3/q-1/t10-,11-/m0/s1. The summed E-state index contributed by atoms with van der Waals surface area (Å²) in [6, 6.07) is 0.0252. The normalized spacial score (nSPS) is 27.5. The molecule has 0 aromatic heterocycles. The third-order valence-corrected chi connectivity index (χ3v) is 8.63. The van der Waals surface area contributed by atoms with Gasteiger partial charge in [-0.1, -0.05) is 20.8 Å². The molecule has 2 atom stereocenters. The first kappa shape index (κ1) is 15.2. The summed E-state index contributed by atoms with van der Waals surface area (Å²) >= 11 is 0. The van der Waals surface area contributed by atoms with Crippen molar-refractivity contribution >= 4 is 8.32 Å². The molecule has 102 valence electrons. The van der Waals surface area contributed by atoms with Crippen LogP contribution in [0.15, 0.2) is 0 Å². The summed E-state index contributed by atoms with van der Waals surface area (Å²) in [6.07, 6.45) is 1.06. The summed E-state index contributed by atoms with van der Waals surface area (Å²) in [4.78, 5) is 0. The summed E-state index contributed by atoms with van der Waals surface area (Å²) in [7, 11) is -1.70. The first-order chi connectivity index (χ1) is 7.43. The third kappa shape index (κ3) is 3.78. The van der Waals surface area contributed by atoms with Gasteiger partial charge in [-0.3, -0.25) is 0 Å². The van der Waals surface area contributed by atoms with Gasteiger partial charge in [0.25, 0.3) is 0 Å². The van der Waals surface area contributed by atoms with Gasteiger partial charge in [0.2, 0.25) is 0 Å². The topological polar surface area (TPSA) is 43.6 Å². The summed E-state index contributed by atoms with van der Waals surface area (Å²) in [5, 5.41) is 14.7. The van der Waals surface area contributed by atoms with Gasteiger partial charge >= 0.3 is 0 Å². The van der Waals surface area contributed by atoms with E-state index < -0.39 is 13.9 Å². The number of hydrogen-bond donors (Lipinski definition) is 1. The van der Waals surface area contributed by atoms with Crippen molar-refractivity contribution in [3.05, 3.63) is 5.32 Å². The van der Waals surface area contributed by atoms with Gasteiger partial charge in [0.15, 0.2) is 8.32 Å². The Labute approximate surface area is 107 Å². The first-order valence-electron chi connectivity index (χ1n) is 6.50. The minimum absolute atomic E-state index is 0.0252. The van der Waals surface area contributed by atoms with Gasteiger partial charge in [-0.05, 0) is 38.4 Å². The Hall–Kier alpha value is 0.0969. The molecular weight excluding hydrogens is 230 g/mol. The van der Waals surface area contributed by atoms with Crippen molar-refractivity contribution in [2.45, 2.75) is 76.9 Å². The highest BCUT2D eigenvalue weighted by Gasteiger charge is 2.40. The predicted octanol–water partition coefficient (Wildman–Crippen LogP) is 3.29. The molecule has 0 aliphatic carbocycles. The van der Waals surface area contributed by atoms with Crippen LogP contribution in [0.25, 0.3) is 5.32 Å². The number of rotatable bonds is 3. The maximum atomic E-state index is 9.96. The Morgan fingerprint density at radius 3 is 2.06 bits per heavy atom. The summed E-state index contributed by atoms with van der Waals surface area (Å²) in [5.74, 6) is 0. The lowest BCUT2D eigenvalue weighted by molar-refractivity contribution is 0.0561. The van der Waals surface area contributed by atoms with Gasteiger partial charge < -0.3 is 14.8 Å². The number of aliphatic hydroxyl groups is 1. The van der Waals surface area contributed by atoms with Gasteiger partial charge in [-0.15, -0.1) is 12.6 Å². The Balaban J connectivity index is 2.57. The molecule has 1 aliphatic rings. The van der Waals surface area contributed by atoms with Crippen LogP contribution in [-0.2, 0) is 4.43 Å². The van der Waals surface area contributed by atoms with Crippen molar-refractivity contribution in [2.75, 3.05) is 6.54 Å². The van der Waals surface area contributed by atoms with Crippen molar-refractivity contribution in [1.29, 1.82) is 0 Å². The minimum Gasteiger partial charge on any atom is -0.655 e. The zero-order valence-electron chi connectivity index (χ0n) is 12.4. The maximum absolute atomic E-state index is 9.96. The average Bonchev–Trinajstić information content (AvgIpc) is 2.48. The van der Waals surface area contributed by atoms with E-state index in [9.17, 15) is 5.11 Å². The zero-order valence-corrected chi connectivity index (χ0v) is 13.4. The lowest BCUT2D eigenvalue weighted by atomic mass is 9.97. The Bertz CT molecular complexity index is 266. The van der Waals surface area contributed by atoms with E-state index in [0.29, 0.717) is 0 Å². The Kier molecular flexibility index (Phi) is 4.14. The largest absolute Gasteiger partial charge is 0.655 e. The fraction of sp³-hybridized carbons (Fsp3) is 1.00. The molecule has 0 saturated carbocycles. The van der Waals surface area contributed by atoms with E-state index in [-0.39, 0.29) is 17.2 Å². The third-order valence-electron chi connectivity index (χ3n) is 4.10. The van der Waals surface area contributed by atoms with Crippen LogP contribution in [0, 0.1) is 0 Å². The highest BCUT2D eigenvalue weighted by molar-refractivity contribution is 6.74. The smallest absolute Gasteiger partial charge is 0.192 e. The highest BCUT2D eigenvalue weighted by atomic mass is 28.4. The molecule has 1 N–H and O–H groups in total. The molecule has 0 unspecified atom stereocenters. The first-order valence-corrected chi connectivity index (χ1v) is 9.41. The number of hydrogen-bond acceptors (Lipinski definition) is 2. The molecule has 4 heteroatoms. The Morgan fingerprint density at radius 1 is 1.18 bits per heavy atom. The second-order valence-electron chi connectivity index (χ2n) is 7.27. The summed E-state index contributed by atoms with van der Waals surface area (Å²) in [5.41, 5.74) is -0.717. The molecule has 17 heavy (non-hydrogen) atoms. The molecule has 0 amide bonds. The van der Waals surface area contributed by atoms with E-state index >= 15 is 0 Å².